The van der Waals surface area contributed by atoms with Crippen LogP contribution in [0.15, 0.2) is 0 Å². The fraction of sp³-hybridized carbons (Fsp3) is 0.833. The molecule has 0 spiro atoms. The topological polar surface area (TPSA) is 96.9 Å². The van der Waals surface area contributed by atoms with E-state index in [0.717, 1.165) is 19.3 Å². The Kier molecular flexibility index (Phi) is 4.26. The largest absolute Gasteiger partial charge is 0.479 e. The molecule has 7 nitrogen and oxygen atoms in total. The summed E-state index contributed by atoms with van der Waals surface area (Å²) < 4.78 is 10.3. The van der Waals surface area contributed by atoms with E-state index in [1.54, 1.807) is 7.11 Å². The van der Waals surface area contributed by atoms with Crippen molar-refractivity contribution in [2.24, 2.45) is 0 Å². The number of ether oxygens (including phenoxy) is 2. The molecule has 0 bridgehead atoms. The van der Waals surface area contributed by atoms with Crippen molar-refractivity contribution >= 4 is 12.0 Å². The molecule has 2 fully saturated rings. The number of nitrogens with one attached hydrogen (secondary N) is 2. The molecule has 0 aromatic rings. The molecule has 2 aliphatic rings. The van der Waals surface area contributed by atoms with Crippen molar-refractivity contribution in [3.63, 3.8) is 0 Å². The number of hydrogen-bond acceptors (Lipinski definition) is 4. The number of carbonyl (C=O) groups excluding carboxylic acids is 1. The summed E-state index contributed by atoms with van der Waals surface area (Å²) in [5, 5.41) is 14.5. The molecule has 108 valence electrons. The SMILES string of the molecule is COC1CCC(NC(=O)NC2(C(=O)O)CCOC2)C1. The van der Waals surface area contributed by atoms with Crippen molar-refractivity contribution in [2.75, 3.05) is 20.3 Å². The maximum atomic E-state index is 11.9. The lowest BCUT2D eigenvalue weighted by Gasteiger charge is -2.25. The van der Waals surface area contributed by atoms with Crippen LogP contribution in [0.25, 0.3) is 0 Å². The molecule has 3 atom stereocenters. The standard InChI is InChI=1S/C12H20N2O5/c1-18-9-3-2-8(6-9)13-11(17)14-12(10(15)16)4-5-19-7-12/h8-9H,2-7H2,1H3,(H,15,16)(H2,13,14,17). The zero-order chi connectivity index (χ0) is 13.9. The van der Waals surface area contributed by atoms with E-state index < -0.39 is 17.5 Å². The van der Waals surface area contributed by atoms with Gasteiger partial charge in [-0.25, -0.2) is 9.59 Å². The van der Waals surface area contributed by atoms with E-state index >= 15 is 0 Å². The number of carboxylic acid groups (broad SMARTS) is 1. The number of amides is 2. The molecular weight excluding hydrogens is 252 g/mol. The predicted octanol–water partition coefficient (Wildman–Crippen LogP) is 0.0968. The minimum atomic E-state index is -1.29. The average molecular weight is 272 g/mol. The average Bonchev–Trinajstić information content (AvgIpc) is 2.98. The van der Waals surface area contributed by atoms with Gasteiger partial charge in [-0.15, -0.1) is 0 Å². The Labute approximate surface area is 111 Å². The highest BCUT2D eigenvalue weighted by Crippen LogP contribution is 2.22. The summed E-state index contributed by atoms with van der Waals surface area (Å²) in [6.45, 7) is 0.364. The maximum absolute atomic E-state index is 11.9. The number of rotatable bonds is 4. The van der Waals surface area contributed by atoms with Gasteiger partial charge < -0.3 is 25.2 Å². The zero-order valence-electron chi connectivity index (χ0n) is 11.0. The molecule has 1 saturated heterocycles. The Bertz CT molecular complexity index is 354. The van der Waals surface area contributed by atoms with Crippen LogP contribution in [0.5, 0.6) is 0 Å². The second kappa shape index (κ2) is 5.75. The zero-order valence-corrected chi connectivity index (χ0v) is 11.0. The third-order valence-corrected chi connectivity index (χ3v) is 3.84. The molecule has 3 unspecified atom stereocenters. The van der Waals surface area contributed by atoms with Gasteiger partial charge in [0, 0.05) is 26.2 Å². The Balaban J connectivity index is 1.85. The smallest absolute Gasteiger partial charge is 0.332 e. The van der Waals surface area contributed by atoms with Crippen molar-refractivity contribution < 1.29 is 24.2 Å². The normalized spacial score (nSPS) is 34.2. The highest BCUT2D eigenvalue weighted by Gasteiger charge is 2.44. The lowest BCUT2D eigenvalue weighted by molar-refractivity contribution is -0.144. The molecule has 1 saturated carbocycles. The van der Waals surface area contributed by atoms with Crippen molar-refractivity contribution in [3.05, 3.63) is 0 Å². The molecule has 1 heterocycles. The summed E-state index contributed by atoms with van der Waals surface area (Å²) in [4.78, 5) is 23.1. The van der Waals surface area contributed by atoms with E-state index in [1.807, 2.05) is 0 Å². The van der Waals surface area contributed by atoms with Crippen LogP contribution in [0.1, 0.15) is 25.7 Å². The Morgan fingerprint density at radius 1 is 1.42 bits per heavy atom. The van der Waals surface area contributed by atoms with Gasteiger partial charge in [0.05, 0.1) is 12.7 Å². The van der Waals surface area contributed by atoms with Gasteiger partial charge in [-0.3, -0.25) is 0 Å². The second-order valence-corrected chi connectivity index (χ2v) is 5.16. The van der Waals surface area contributed by atoms with Gasteiger partial charge in [0.25, 0.3) is 0 Å². The van der Waals surface area contributed by atoms with Gasteiger partial charge in [-0.2, -0.15) is 0 Å². The van der Waals surface area contributed by atoms with Crippen LogP contribution in [0, 0.1) is 0 Å². The summed E-state index contributed by atoms with van der Waals surface area (Å²) in [7, 11) is 1.66. The predicted molar refractivity (Wildman–Crippen MR) is 65.9 cm³/mol. The minimum Gasteiger partial charge on any atom is -0.479 e. The number of aliphatic carboxylic acids is 1. The van der Waals surface area contributed by atoms with Gasteiger partial charge in [0.15, 0.2) is 5.54 Å². The van der Waals surface area contributed by atoms with Crippen LogP contribution in [0.4, 0.5) is 4.79 Å². The summed E-state index contributed by atoms with van der Waals surface area (Å²) in [6, 6.07) is -0.409. The van der Waals surface area contributed by atoms with E-state index in [2.05, 4.69) is 10.6 Å². The molecule has 19 heavy (non-hydrogen) atoms. The van der Waals surface area contributed by atoms with Crippen molar-refractivity contribution in [2.45, 2.75) is 43.4 Å². The number of carboxylic acids is 1. The van der Waals surface area contributed by atoms with Crippen LogP contribution in [0.2, 0.25) is 0 Å². The van der Waals surface area contributed by atoms with Crippen molar-refractivity contribution in [1.29, 1.82) is 0 Å². The second-order valence-electron chi connectivity index (χ2n) is 5.16. The number of urea groups is 1. The fourth-order valence-electron chi connectivity index (χ4n) is 2.61. The molecule has 2 rings (SSSR count). The molecule has 3 N–H and O–H groups in total. The molecule has 1 aliphatic carbocycles. The first kappa shape index (κ1) is 14.1. The molecule has 7 heteroatoms. The van der Waals surface area contributed by atoms with Gasteiger partial charge in [-0.05, 0) is 19.3 Å². The van der Waals surface area contributed by atoms with Gasteiger partial charge in [0.1, 0.15) is 0 Å². The summed E-state index contributed by atoms with van der Waals surface area (Å²) in [5.41, 5.74) is -1.29. The fourth-order valence-corrected chi connectivity index (χ4v) is 2.61. The molecular formula is C12H20N2O5. The van der Waals surface area contributed by atoms with E-state index in [0.29, 0.717) is 13.0 Å². The van der Waals surface area contributed by atoms with E-state index in [9.17, 15) is 14.7 Å². The van der Waals surface area contributed by atoms with E-state index in [1.165, 1.54) is 0 Å². The monoisotopic (exact) mass is 272 g/mol. The molecule has 0 aromatic carbocycles. The molecule has 1 aliphatic heterocycles. The first-order valence-electron chi connectivity index (χ1n) is 6.48. The van der Waals surface area contributed by atoms with Crippen molar-refractivity contribution in [1.82, 2.24) is 10.6 Å². The Morgan fingerprint density at radius 2 is 2.21 bits per heavy atom. The number of carbonyl (C=O) groups is 2. The quantitative estimate of drug-likeness (QED) is 0.674. The van der Waals surface area contributed by atoms with Crippen LogP contribution in [0.3, 0.4) is 0 Å². The Hall–Kier alpha value is -1.34. The third-order valence-electron chi connectivity index (χ3n) is 3.84. The van der Waals surface area contributed by atoms with Gasteiger partial charge in [0.2, 0.25) is 0 Å². The number of methoxy groups -OCH3 is 1. The lowest BCUT2D eigenvalue weighted by Crippen LogP contribution is -2.58. The van der Waals surface area contributed by atoms with Gasteiger partial charge >= 0.3 is 12.0 Å². The molecule has 0 aromatic heterocycles. The van der Waals surface area contributed by atoms with E-state index in [4.69, 9.17) is 9.47 Å². The minimum absolute atomic E-state index is 0.0150. The lowest BCUT2D eigenvalue weighted by atomic mass is 9.99. The van der Waals surface area contributed by atoms with Crippen LogP contribution in [-0.4, -0.2) is 55.1 Å². The third kappa shape index (κ3) is 3.16. The van der Waals surface area contributed by atoms with Crippen molar-refractivity contribution in [3.8, 4) is 0 Å². The Morgan fingerprint density at radius 3 is 2.74 bits per heavy atom. The van der Waals surface area contributed by atoms with E-state index in [-0.39, 0.29) is 18.8 Å². The molecule has 2 amide bonds. The summed E-state index contributed by atoms with van der Waals surface area (Å²) in [5.74, 6) is -1.05. The van der Waals surface area contributed by atoms with Crippen LogP contribution >= 0.6 is 0 Å². The highest BCUT2D eigenvalue weighted by molar-refractivity contribution is 5.86. The van der Waals surface area contributed by atoms with Crippen LogP contribution in [-0.2, 0) is 14.3 Å². The molecule has 0 radical (unpaired) electrons. The van der Waals surface area contributed by atoms with Gasteiger partial charge in [-0.1, -0.05) is 0 Å². The first-order valence-corrected chi connectivity index (χ1v) is 6.48. The first-order chi connectivity index (χ1) is 9.05. The van der Waals surface area contributed by atoms with Crippen LogP contribution < -0.4 is 10.6 Å². The maximum Gasteiger partial charge on any atom is 0.332 e. The number of hydrogen-bond donors (Lipinski definition) is 3. The summed E-state index contributed by atoms with van der Waals surface area (Å²) >= 11 is 0. The highest BCUT2D eigenvalue weighted by atomic mass is 16.5. The summed E-state index contributed by atoms with van der Waals surface area (Å²) in [6.07, 6.45) is 2.99.